The molecule has 0 spiro atoms. The van der Waals surface area contributed by atoms with Gasteiger partial charge in [-0.05, 0) is 32.3 Å². The molecule has 1 saturated heterocycles. The number of benzene rings is 1. The van der Waals surface area contributed by atoms with Gasteiger partial charge in [0.05, 0.1) is 19.3 Å². The van der Waals surface area contributed by atoms with E-state index in [0.717, 1.165) is 24.9 Å². The fraction of sp³-hybridized carbons (Fsp3) is 0.280. The standard InChI is InChI=1S/C25H24N8OS/c1-15-6-8-17(9-7-15)20-5-4-10-33(20)24-30-21(18-12-27-16(2)28-13-18)22(34-3)23(31-24)32-25-29-14-19(11-26)35-25/h6-9,12-14,20H,4-5,10H2,1-3H3,(H,29,30,31,32). The van der Waals surface area contributed by atoms with Gasteiger partial charge in [0.25, 0.3) is 0 Å². The van der Waals surface area contributed by atoms with Gasteiger partial charge in [0.1, 0.15) is 22.5 Å². The summed E-state index contributed by atoms with van der Waals surface area (Å²) >= 11 is 1.25. The van der Waals surface area contributed by atoms with Crippen LogP contribution in [0.4, 0.5) is 16.9 Å². The maximum Gasteiger partial charge on any atom is 0.228 e. The van der Waals surface area contributed by atoms with E-state index >= 15 is 0 Å². The monoisotopic (exact) mass is 484 g/mol. The zero-order valence-corrected chi connectivity index (χ0v) is 20.5. The van der Waals surface area contributed by atoms with Crippen molar-refractivity contribution >= 4 is 28.2 Å². The summed E-state index contributed by atoms with van der Waals surface area (Å²) in [6, 6.07) is 10.9. The SMILES string of the molecule is COc1c(Nc2ncc(C#N)s2)nc(N2CCCC2c2ccc(C)cc2)nc1-c1cnc(C)nc1. The normalized spacial score (nSPS) is 15.1. The van der Waals surface area contributed by atoms with Crippen LogP contribution >= 0.6 is 11.3 Å². The number of rotatable bonds is 6. The molecule has 1 N–H and O–H groups in total. The van der Waals surface area contributed by atoms with Crippen molar-refractivity contribution in [3.63, 3.8) is 0 Å². The molecule has 1 atom stereocenters. The molecular weight excluding hydrogens is 460 g/mol. The Labute approximate surface area is 207 Å². The van der Waals surface area contributed by atoms with Crippen LogP contribution in [0.2, 0.25) is 0 Å². The van der Waals surface area contributed by atoms with Gasteiger partial charge in [0.2, 0.25) is 5.95 Å². The minimum Gasteiger partial charge on any atom is -0.491 e. The van der Waals surface area contributed by atoms with Crippen LogP contribution in [0.5, 0.6) is 5.75 Å². The van der Waals surface area contributed by atoms with Gasteiger partial charge in [-0.15, -0.1) is 0 Å². The first kappa shape index (κ1) is 22.7. The van der Waals surface area contributed by atoms with Crippen molar-refractivity contribution in [1.82, 2.24) is 24.9 Å². The molecule has 9 nitrogen and oxygen atoms in total. The smallest absolute Gasteiger partial charge is 0.228 e. The lowest BCUT2D eigenvalue weighted by atomic mass is 10.0. The van der Waals surface area contributed by atoms with Crippen molar-refractivity contribution in [1.29, 1.82) is 5.26 Å². The quantitative estimate of drug-likeness (QED) is 0.405. The predicted octanol–water partition coefficient (Wildman–Crippen LogP) is 4.97. The van der Waals surface area contributed by atoms with Crippen LogP contribution in [0.1, 0.15) is 40.7 Å². The molecule has 0 radical (unpaired) electrons. The minimum atomic E-state index is 0.170. The lowest BCUT2D eigenvalue weighted by Crippen LogP contribution is -2.25. The van der Waals surface area contributed by atoms with E-state index in [4.69, 9.17) is 14.7 Å². The minimum absolute atomic E-state index is 0.170. The number of anilines is 3. The second-order valence-electron chi connectivity index (χ2n) is 8.30. The number of nitrogens with zero attached hydrogens (tertiary/aromatic N) is 7. The third kappa shape index (κ3) is 4.63. The van der Waals surface area contributed by atoms with Crippen LogP contribution in [-0.2, 0) is 0 Å². The van der Waals surface area contributed by atoms with Crippen molar-refractivity contribution in [2.75, 3.05) is 23.9 Å². The van der Waals surface area contributed by atoms with Crippen LogP contribution in [0.3, 0.4) is 0 Å². The van der Waals surface area contributed by atoms with Gasteiger partial charge >= 0.3 is 0 Å². The number of nitrogens with one attached hydrogen (secondary N) is 1. The van der Waals surface area contributed by atoms with Crippen molar-refractivity contribution in [3.8, 4) is 23.1 Å². The molecule has 1 aliphatic heterocycles. The number of hydrogen-bond acceptors (Lipinski definition) is 10. The Bertz CT molecular complexity index is 1380. The molecule has 1 unspecified atom stereocenters. The van der Waals surface area contributed by atoms with Gasteiger partial charge in [0.15, 0.2) is 16.7 Å². The molecule has 0 saturated carbocycles. The first-order valence-electron chi connectivity index (χ1n) is 11.3. The Morgan fingerprint density at radius 3 is 2.54 bits per heavy atom. The second-order valence-corrected chi connectivity index (χ2v) is 9.33. The highest BCUT2D eigenvalue weighted by Gasteiger charge is 2.30. The molecule has 0 aliphatic carbocycles. The second kappa shape index (κ2) is 9.64. The lowest BCUT2D eigenvalue weighted by Gasteiger charge is -2.26. The van der Waals surface area contributed by atoms with Gasteiger partial charge in [-0.2, -0.15) is 10.2 Å². The van der Waals surface area contributed by atoms with Crippen LogP contribution < -0.4 is 15.0 Å². The molecule has 4 heterocycles. The van der Waals surface area contributed by atoms with Gasteiger partial charge in [-0.25, -0.2) is 19.9 Å². The first-order valence-corrected chi connectivity index (χ1v) is 12.1. The van der Waals surface area contributed by atoms with Crippen molar-refractivity contribution in [2.45, 2.75) is 32.7 Å². The van der Waals surface area contributed by atoms with Gasteiger partial charge in [-0.1, -0.05) is 41.2 Å². The number of nitriles is 1. The number of thiazole rings is 1. The molecule has 35 heavy (non-hydrogen) atoms. The van der Waals surface area contributed by atoms with Gasteiger partial charge < -0.3 is 15.0 Å². The maximum atomic E-state index is 9.20. The maximum absolute atomic E-state index is 9.20. The summed E-state index contributed by atoms with van der Waals surface area (Å²) in [5, 5.41) is 13.0. The Morgan fingerprint density at radius 1 is 1.09 bits per heavy atom. The zero-order valence-electron chi connectivity index (χ0n) is 19.7. The fourth-order valence-corrected chi connectivity index (χ4v) is 4.79. The average molecular weight is 485 g/mol. The van der Waals surface area contributed by atoms with E-state index in [1.54, 1.807) is 19.5 Å². The number of ether oxygens (including phenoxy) is 1. The molecule has 3 aromatic heterocycles. The van der Waals surface area contributed by atoms with E-state index in [-0.39, 0.29) is 6.04 Å². The highest BCUT2D eigenvalue weighted by molar-refractivity contribution is 7.16. The molecule has 1 aliphatic rings. The van der Waals surface area contributed by atoms with Crippen LogP contribution in [0.15, 0.2) is 42.9 Å². The first-order chi connectivity index (χ1) is 17.1. The summed E-state index contributed by atoms with van der Waals surface area (Å²) in [7, 11) is 1.58. The highest BCUT2D eigenvalue weighted by Crippen LogP contribution is 2.41. The summed E-state index contributed by atoms with van der Waals surface area (Å²) in [6.45, 7) is 4.77. The van der Waals surface area contributed by atoms with E-state index in [2.05, 4.69) is 62.4 Å². The summed E-state index contributed by atoms with van der Waals surface area (Å²) in [5.41, 5.74) is 3.78. The number of hydrogen-bond donors (Lipinski definition) is 1. The molecule has 4 aromatic rings. The Kier molecular flexibility index (Phi) is 6.25. The molecule has 10 heteroatoms. The third-order valence-electron chi connectivity index (χ3n) is 5.93. The van der Waals surface area contributed by atoms with E-state index in [0.29, 0.717) is 39.0 Å². The Balaban J connectivity index is 1.62. The molecular formula is C25H24N8OS. The predicted molar refractivity (Wildman–Crippen MR) is 135 cm³/mol. The summed E-state index contributed by atoms with van der Waals surface area (Å²) in [6.07, 6.45) is 7.06. The molecule has 0 amide bonds. The van der Waals surface area contributed by atoms with E-state index in [9.17, 15) is 5.26 Å². The fourth-order valence-electron chi connectivity index (χ4n) is 4.18. The molecule has 176 valence electrons. The van der Waals surface area contributed by atoms with E-state index < -0.39 is 0 Å². The Morgan fingerprint density at radius 2 is 1.86 bits per heavy atom. The summed E-state index contributed by atoms with van der Waals surface area (Å²) < 4.78 is 5.76. The van der Waals surface area contributed by atoms with Crippen LogP contribution in [0.25, 0.3) is 11.3 Å². The molecule has 0 bridgehead atoms. The summed E-state index contributed by atoms with van der Waals surface area (Å²) in [4.78, 5) is 25.6. The number of aromatic nitrogens is 5. The Hall–Kier alpha value is -4.10. The van der Waals surface area contributed by atoms with E-state index in [1.807, 2.05) is 6.92 Å². The van der Waals surface area contributed by atoms with Crippen molar-refractivity contribution in [3.05, 3.63) is 64.7 Å². The van der Waals surface area contributed by atoms with Crippen molar-refractivity contribution < 1.29 is 4.74 Å². The largest absolute Gasteiger partial charge is 0.491 e. The lowest BCUT2D eigenvalue weighted by molar-refractivity contribution is 0.415. The van der Waals surface area contributed by atoms with E-state index in [1.165, 1.54) is 28.7 Å². The zero-order chi connectivity index (χ0) is 24.4. The van der Waals surface area contributed by atoms with Crippen LogP contribution in [-0.4, -0.2) is 38.6 Å². The number of methoxy groups -OCH3 is 1. The number of aryl methyl sites for hydroxylation is 2. The molecule has 5 rings (SSSR count). The highest BCUT2D eigenvalue weighted by atomic mass is 32.1. The summed E-state index contributed by atoms with van der Waals surface area (Å²) in [5.74, 6) is 2.19. The topological polar surface area (TPSA) is 113 Å². The van der Waals surface area contributed by atoms with Gasteiger partial charge in [-0.3, -0.25) is 0 Å². The van der Waals surface area contributed by atoms with Crippen molar-refractivity contribution in [2.24, 2.45) is 0 Å². The average Bonchev–Trinajstić information content (AvgIpc) is 3.54. The van der Waals surface area contributed by atoms with Gasteiger partial charge in [0, 0.05) is 24.5 Å². The molecule has 1 aromatic carbocycles. The third-order valence-corrected chi connectivity index (χ3v) is 6.74. The molecule has 1 fully saturated rings. The van der Waals surface area contributed by atoms with Crippen LogP contribution in [0, 0.1) is 25.2 Å².